The summed E-state index contributed by atoms with van der Waals surface area (Å²) in [5, 5.41) is 5.83. The van der Waals surface area contributed by atoms with Crippen LogP contribution in [-0.2, 0) is 4.74 Å². The fraction of sp³-hybridized carbons (Fsp3) is 0.533. The lowest BCUT2D eigenvalue weighted by atomic mass is 10.2. The SMILES string of the molecule is Cc1cc(Br)c(F)cc1NCCCNC(=O)OC(C)(C)C. The van der Waals surface area contributed by atoms with Crippen molar-refractivity contribution in [1.29, 1.82) is 0 Å². The van der Waals surface area contributed by atoms with Crippen molar-refractivity contribution in [3.8, 4) is 0 Å². The average Bonchev–Trinajstić information content (AvgIpc) is 2.32. The van der Waals surface area contributed by atoms with Gasteiger partial charge in [-0.25, -0.2) is 9.18 Å². The predicted molar refractivity (Wildman–Crippen MR) is 86.2 cm³/mol. The van der Waals surface area contributed by atoms with Crippen LogP contribution in [0.2, 0.25) is 0 Å². The van der Waals surface area contributed by atoms with Crippen molar-refractivity contribution in [2.75, 3.05) is 18.4 Å². The van der Waals surface area contributed by atoms with E-state index in [-0.39, 0.29) is 5.82 Å². The van der Waals surface area contributed by atoms with Gasteiger partial charge >= 0.3 is 6.09 Å². The Morgan fingerprint density at radius 3 is 2.62 bits per heavy atom. The summed E-state index contributed by atoms with van der Waals surface area (Å²) in [5.74, 6) is -0.296. The minimum absolute atomic E-state index is 0.296. The van der Waals surface area contributed by atoms with Gasteiger partial charge in [-0.3, -0.25) is 0 Å². The van der Waals surface area contributed by atoms with Crippen LogP contribution in [0.5, 0.6) is 0 Å². The summed E-state index contributed by atoms with van der Waals surface area (Å²) >= 11 is 3.15. The number of halogens is 2. The van der Waals surface area contributed by atoms with Crippen LogP contribution in [-0.4, -0.2) is 24.8 Å². The molecule has 0 atom stereocenters. The Balaban J connectivity index is 2.29. The van der Waals surface area contributed by atoms with Crippen LogP contribution < -0.4 is 10.6 Å². The van der Waals surface area contributed by atoms with E-state index >= 15 is 0 Å². The molecule has 1 rings (SSSR count). The summed E-state index contributed by atoms with van der Waals surface area (Å²) in [4.78, 5) is 11.4. The van der Waals surface area contributed by atoms with Gasteiger partial charge in [-0.2, -0.15) is 0 Å². The number of carbonyl (C=O) groups excluding carboxylic acids is 1. The molecule has 1 amide bonds. The predicted octanol–water partition coefficient (Wildman–Crippen LogP) is 4.22. The molecule has 0 aliphatic carbocycles. The van der Waals surface area contributed by atoms with Crippen molar-refractivity contribution in [1.82, 2.24) is 5.32 Å². The fourth-order valence-corrected chi connectivity index (χ4v) is 2.11. The molecule has 0 aromatic heterocycles. The summed E-state index contributed by atoms with van der Waals surface area (Å²) in [6.45, 7) is 8.50. The number of carbonyl (C=O) groups is 1. The molecule has 0 aliphatic rings. The lowest BCUT2D eigenvalue weighted by Crippen LogP contribution is -2.33. The number of anilines is 1. The highest BCUT2D eigenvalue weighted by molar-refractivity contribution is 9.10. The molecule has 6 heteroatoms. The van der Waals surface area contributed by atoms with Crippen LogP contribution in [0.1, 0.15) is 32.8 Å². The Morgan fingerprint density at radius 2 is 2.00 bits per heavy atom. The number of alkyl carbamates (subject to hydrolysis) is 1. The topological polar surface area (TPSA) is 50.4 Å². The number of benzene rings is 1. The van der Waals surface area contributed by atoms with E-state index in [1.807, 2.05) is 27.7 Å². The molecule has 0 fully saturated rings. The Morgan fingerprint density at radius 1 is 1.33 bits per heavy atom. The van der Waals surface area contributed by atoms with Gasteiger partial charge in [0.1, 0.15) is 11.4 Å². The van der Waals surface area contributed by atoms with Gasteiger partial charge in [0.25, 0.3) is 0 Å². The number of aryl methyl sites for hydroxylation is 1. The highest BCUT2D eigenvalue weighted by atomic mass is 79.9. The maximum absolute atomic E-state index is 13.4. The van der Waals surface area contributed by atoms with E-state index in [4.69, 9.17) is 4.74 Å². The largest absolute Gasteiger partial charge is 0.444 e. The van der Waals surface area contributed by atoms with E-state index in [9.17, 15) is 9.18 Å². The van der Waals surface area contributed by atoms with E-state index in [0.717, 1.165) is 17.7 Å². The third-order valence-electron chi connectivity index (χ3n) is 2.60. The summed E-state index contributed by atoms with van der Waals surface area (Å²) in [6, 6.07) is 3.19. The first-order chi connectivity index (χ1) is 9.69. The maximum Gasteiger partial charge on any atom is 0.407 e. The number of ether oxygens (including phenoxy) is 1. The number of rotatable bonds is 5. The molecule has 118 valence electrons. The van der Waals surface area contributed by atoms with Crippen molar-refractivity contribution >= 4 is 27.7 Å². The zero-order chi connectivity index (χ0) is 16.0. The van der Waals surface area contributed by atoms with Gasteiger partial charge < -0.3 is 15.4 Å². The van der Waals surface area contributed by atoms with E-state index in [0.29, 0.717) is 17.6 Å². The third-order valence-corrected chi connectivity index (χ3v) is 3.21. The van der Waals surface area contributed by atoms with Crippen LogP contribution in [0.25, 0.3) is 0 Å². The van der Waals surface area contributed by atoms with Crippen molar-refractivity contribution in [2.45, 2.75) is 39.7 Å². The van der Waals surface area contributed by atoms with Gasteiger partial charge in [-0.15, -0.1) is 0 Å². The lowest BCUT2D eigenvalue weighted by Gasteiger charge is -2.19. The molecule has 1 aromatic carbocycles. The smallest absolute Gasteiger partial charge is 0.407 e. The maximum atomic E-state index is 13.4. The van der Waals surface area contributed by atoms with Gasteiger partial charge in [-0.05, 0) is 67.7 Å². The lowest BCUT2D eigenvalue weighted by molar-refractivity contribution is 0.0528. The average molecular weight is 361 g/mol. The molecule has 4 nitrogen and oxygen atoms in total. The molecule has 21 heavy (non-hydrogen) atoms. The van der Waals surface area contributed by atoms with Crippen LogP contribution in [0.15, 0.2) is 16.6 Å². The zero-order valence-electron chi connectivity index (χ0n) is 12.8. The Kier molecular flexibility index (Phi) is 6.45. The molecule has 0 heterocycles. The van der Waals surface area contributed by atoms with E-state index < -0.39 is 11.7 Å². The standard InChI is InChI=1S/C15H22BrFN2O2/c1-10-8-11(16)12(17)9-13(10)18-6-5-7-19-14(20)21-15(2,3)4/h8-9,18H,5-7H2,1-4H3,(H,19,20). The van der Waals surface area contributed by atoms with Crippen LogP contribution in [0.3, 0.4) is 0 Å². The molecular weight excluding hydrogens is 339 g/mol. The summed E-state index contributed by atoms with van der Waals surface area (Å²) < 4.78 is 19.0. The van der Waals surface area contributed by atoms with Gasteiger partial charge in [0, 0.05) is 18.8 Å². The first kappa shape index (κ1) is 17.8. The second-order valence-electron chi connectivity index (χ2n) is 5.79. The normalized spacial score (nSPS) is 11.1. The first-order valence-corrected chi connectivity index (χ1v) is 7.65. The summed E-state index contributed by atoms with van der Waals surface area (Å²) in [7, 11) is 0. The Labute approximate surface area is 133 Å². The van der Waals surface area contributed by atoms with Crippen LogP contribution >= 0.6 is 15.9 Å². The van der Waals surface area contributed by atoms with E-state index in [1.54, 1.807) is 6.07 Å². The minimum atomic E-state index is -0.492. The van der Waals surface area contributed by atoms with Crippen LogP contribution in [0.4, 0.5) is 14.9 Å². The summed E-state index contributed by atoms with van der Waals surface area (Å²) in [5.41, 5.74) is 1.23. The number of amides is 1. The molecule has 0 bridgehead atoms. The van der Waals surface area contributed by atoms with Gasteiger partial charge in [-0.1, -0.05) is 0 Å². The molecule has 0 saturated carbocycles. The molecule has 0 aliphatic heterocycles. The number of hydrogen-bond acceptors (Lipinski definition) is 3. The summed E-state index contributed by atoms with van der Waals surface area (Å²) in [6.07, 6.45) is 0.296. The van der Waals surface area contributed by atoms with Gasteiger partial charge in [0.15, 0.2) is 0 Å². The van der Waals surface area contributed by atoms with Gasteiger partial charge in [0.2, 0.25) is 0 Å². The number of hydrogen-bond donors (Lipinski definition) is 2. The molecule has 2 N–H and O–H groups in total. The Hall–Kier alpha value is -1.30. The molecule has 0 saturated heterocycles. The van der Waals surface area contributed by atoms with Crippen molar-refractivity contribution in [3.63, 3.8) is 0 Å². The van der Waals surface area contributed by atoms with Crippen LogP contribution in [0, 0.1) is 12.7 Å². The monoisotopic (exact) mass is 360 g/mol. The fourth-order valence-electron chi connectivity index (χ4n) is 1.65. The van der Waals surface area contributed by atoms with E-state index in [2.05, 4.69) is 26.6 Å². The molecule has 0 spiro atoms. The second kappa shape index (κ2) is 7.64. The molecular formula is C15H22BrFN2O2. The number of nitrogens with one attached hydrogen (secondary N) is 2. The van der Waals surface area contributed by atoms with Crippen molar-refractivity contribution in [2.24, 2.45) is 0 Å². The van der Waals surface area contributed by atoms with E-state index in [1.165, 1.54) is 6.07 Å². The highest BCUT2D eigenvalue weighted by Gasteiger charge is 2.15. The molecule has 0 radical (unpaired) electrons. The van der Waals surface area contributed by atoms with Gasteiger partial charge in [0.05, 0.1) is 4.47 Å². The molecule has 0 unspecified atom stereocenters. The quantitative estimate of drug-likeness (QED) is 0.772. The first-order valence-electron chi connectivity index (χ1n) is 6.85. The second-order valence-corrected chi connectivity index (χ2v) is 6.64. The van der Waals surface area contributed by atoms with Crippen molar-refractivity contribution in [3.05, 3.63) is 28.0 Å². The zero-order valence-corrected chi connectivity index (χ0v) is 14.4. The minimum Gasteiger partial charge on any atom is -0.444 e. The third kappa shape index (κ3) is 6.80. The van der Waals surface area contributed by atoms with Crippen molar-refractivity contribution < 1.29 is 13.9 Å². The molecule has 1 aromatic rings. The Bertz CT molecular complexity index is 501. The highest BCUT2D eigenvalue weighted by Crippen LogP contribution is 2.23.